The molecule has 14 heavy (non-hydrogen) atoms. The highest BCUT2D eigenvalue weighted by molar-refractivity contribution is 5.50. The van der Waals surface area contributed by atoms with E-state index in [9.17, 15) is 4.39 Å². The second-order valence-electron chi connectivity index (χ2n) is 2.78. The van der Waals surface area contributed by atoms with Gasteiger partial charge < -0.3 is 5.11 Å². The molecule has 1 aromatic carbocycles. The normalized spacial score (nSPS) is 10.4. The molecule has 0 unspecified atom stereocenters. The predicted molar refractivity (Wildman–Crippen MR) is 51.8 cm³/mol. The van der Waals surface area contributed by atoms with Gasteiger partial charge in [-0.2, -0.15) is 5.26 Å². The Morgan fingerprint density at radius 2 is 2.29 bits per heavy atom. The fourth-order valence-corrected chi connectivity index (χ4v) is 1.09. The van der Waals surface area contributed by atoms with Crippen LogP contribution in [0.1, 0.15) is 11.1 Å². The Hall–Kier alpha value is -1.66. The van der Waals surface area contributed by atoms with Gasteiger partial charge in [-0.1, -0.05) is 24.3 Å². The Kier molecular flexibility index (Phi) is 3.84. The van der Waals surface area contributed by atoms with Crippen LogP contribution in [0.4, 0.5) is 4.39 Å². The molecule has 1 aromatic rings. The van der Waals surface area contributed by atoms with Gasteiger partial charge in [-0.15, -0.1) is 0 Å². The third-order valence-electron chi connectivity index (χ3n) is 1.75. The first kappa shape index (κ1) is 10.4. The Balaban J connectivity index is 2.91. The number of aliphatic hydroxyl groups excluding tert-OH is 1. The quantitative estimate of drug-likeness (QED) is 0.792. The van der Waals surface area contributed by atoms with Crippen molar-refractivity contribution in [2.24, 2.45) is 0 Å². The minimum Gasteiger partial charge on any atom is -0.392 e. The Labute approximate surface area is 81.9 Å². The molecule has 1 rings (SSSR count). The van der Waals surface area contributed by atoms with E-state index in [4.69, 9.17) is 10.4 Å². The zero-order chi connectivity index (χ0) is 10.4. The maximum atomic E-state index is 13.3. The van der Waals surface area contributed by atoms with Crippen LogP contribution in [-0.2, 0) is 6.42 Å². The number of benzene rings is 1. The fraction of sp³-hybridized carbons (Fsp3) is 0.182. The molecule has 0 fully saturated rings. The van der Waals surface area contributed by atoms with E-state index in [1.54, 1.807) is 12.1 Å². The van der Waals surface area contributed by atoms with Crippen LogP contribution in [0.3, 0.4) is 0 Å². The SMILES string of the molecule is N#CCc1ccc(C=CCO)c(F)c1. The molecule has 0 aliphatic rings. The minimum absolute atomic E-state index is 0.112. The van der Waals surface area contributed by atoms with E-state index in [1.165, 1.54) is 18.2 Å². The van der Waals surface area contributed by atoms with E-state index in [-0.39, 0.29) is 18.8 Å². The van der Waals surface area contributed by atoms with Crippen molar-refractivity contribution in [1.82, 2.24) is 0 Å². The van der Waals surface area contributed by atoms with Crippen LogP contribution in [0, 0.1) is 17.1 Å². The summed E-state index contributed by atoms with van der Waals surface area (Å²) < 4.78 is 13.3. The second kappa shape index (κ2) is 5.15. The van der Waals surface area contributed by atoms with Gasteiger partial charge in [-0.3, -0.25) is 0 Å². The van der Waals surface area contributed by atoms with Gasteiger partial charge in [0.15, 0.2) is 0 Å². The van der Waals surface area contributed by atoms with Crippen LogP contribution in [-0.4, -0.2) is 11.7 Å². The van der Waals surface area contributed by atoms with E-state index >= 15 is 0 Å². The summed E-state index contributed by atoms with van der Waals surface area (Å²) in [6, 6.07) is 6.57. The molecular formula is C11H10FNO. The highest BCUT2D eigenvalue weighted by Gasteiger charge is 1.99. The van der Waals surface area contributed by atoms with Gasteiger partial charge in [-0.25, -0.2) is 4.39 Å². The molecule has 0 heterocycles. The van der Waals surface area contributed by atoms with E-state index in [2.05, 4.69) is 0 Å². The second-order valence-corrected chi connectivity index (χ2v) is 2.78. The summed E-state index contributed by atoms with van der Waals surface area (Å²) in [7, 11) is 0. The molecule has 3 heteroatoms. The number of hydrogen-bond donors (Lipinski definition) is 1. The first-order chi connectivity index (χ1) is 6.77. The van der Waals surface area contributed by atoms with Crippen molar-refractivity contribution in [3.8, 4) is 6.07 Å². The number of rotatable bonds is 3. The molecule has 1 N–H and O–H groups in total. The molecular weight excluding hydrogens is 181 g/mol. The van der Waals surface area contributed by atoms with Crippen LogP contribution in [0.2, 0.25) is 0 Å². The minimum atomic E-state index is -0.373. The number of nitrogens with zero attached hydrogens (tertiary/aromatic N) is 1. The van der Waals surface area contributed by atoms with E-state index in [1.807, 2.05) is 6.07 Å². The topological polar surface area (TPSA) is 44.0 Å². The van der Waals surface area contributed by atoms with Crippen molar-refractivity contribution in [2.75, 3.05) is 6.61 Å². The first-order valence-electron chi connectivity index (χ1n) is 4.20. The lowest BCUT2D eigenvalue weighted by Crippen LogP contribution is -1.87. The van der Waals surface area contributed by atoms with E-state index in [0.717, 1.165) is 0 Å². The zero-order valence-corrected chi connectivity index (χ0v) is 7.57. The third kappa shape index (κ3) is 2.68. The van der Waals surface area contributed by atoms with Crippen molar-refractivity contribution >= 4 is 6.08 Å². The largest absolute Gasteiger partial charge is 0.392 e. The molecule has 0 aliphatic heterocycles. The van der Waals surface area contributed by atoms with Crippen molar-refractivity contribution < 1.29 is 9.50 Å². The molecule has 0 aliphatic carbocycles. The molecule has 2 nitrogen and oxygen atoms in total. The molecule has 0 spiro atoms. The number of hydrogen-bond acceptors (Lipinski definition) is 2. The molecule has 0 atom stereocenters. The summed E-state index contributed by atoms with van der Waals surface area (Å²) in [5.41, 5.74) is 1.08. The number of halogens is 1. The Morgan fingerprint density at radius 3 is 2.86 bits per heavy atom. The van der Waals surface area contributed by atoms with Crippen molar-refractivity contribution in [2.45, 2.75) is 6.42 Å². The van der Waals surface area contributed by atoms with Crippen LogP contribution >= 0.6 is 0 Å². The standard InChI is InChI=1S/C11H10FNO/c12-11-8-9(5-6-13)3-4-10(11)2-1-7-14/h1-4,8,14H,5,7H2. The molecule has 0 amide bonds. The zero-order valence-electron chi connectivity index (χ0n) is 7.57. The van der Waals surface area contributed by atoms with Gasteiger partial charge in [0.1, 0.15) is 5.82 Å². The molecule has 0 aromatic heterocycles. The Morgan fingerprint density at radius 1 is 1.50 bits per heavy atom. The predicted octanol–water partition coefficient (Wildman–Crippen LogP) is 1.90. The monoisotopic (exact) mass is 191 g/mol. The lowest BCUT2D eigenvalue weighted by atomic mass is 10.1. The smallest absolute Gasteiger partial charge is 0.130 e. The average molecular weight is 191 g/mol. The fourth-order valence-electron chi connectivity index (χ4n) is 1.09. The summed E-state index contributed by atoms with van der Waals surface area (Å²) in [4.78, 5) is 0. The first-order valence-corrected chi connectivity index (χ1v) is 4.20. The van der Waals surface area contributed by atoms with Gasteiger partial charge in [0.2, 0.25) is 0 Å². The summed E-state index contributed by atoms with van der Waals surface area (Å²) >= 11 is 0. The van der Waals surface area contributed by atoms with E-state index < -0.39 is 0 Å². The van der Waals surface area contributed by atoms with Crippen LogP contribution in [0.15, 0.2) is 24.3 Å². The van der Waals surface area contributed by atoms with Gasteiger partial charge in [0.25, 0.3) is 0 Å². The molecule has 0 saturated heterocycles. The maximum absolute atomic E-state index is 13.3. The Bertz CT molecular complexity index is 379. The molecule has 0 bridgehead atoms. The van der Waals surface area contributed by atoms with Crippen LogP contribution in [0.25, 0.3) is 6.08 Å². The summed E-state index contributed by atoms with van der Waals surface area (Å²) in [6.45, 7) is -0.112. The molecule has 72 valence electrons. The van der Waals surface area contributed by atoms with Crippen LogP contribution < -0.4 is 0 Å². The van der Waals surface area contributed by atoms with Crippen molar-refractivity contribution in [1.29, 1.82) is 5.26 Å². The highest BCUT2D eigenvalue weighted by atomic mass is 19.1. The summed E-state index contributed by atoms with van der Waals surface area (Å²) in [5.74, 6) is -0.373. The lowest BCUT2D eigenvalue weighted by Gasteiger charge is -1.99. The summed E-state index contributed by atoms with van der Waals surface area (Å²) in [5, 5.41) is 16.9. The van der Waals surface area contributed by atoms with Gasteiger partial charge in [-0.05, 0) is 11.6 Å². The van der Waals surface area contributed by atoms with Crippen molar-refractivity contribution in [3.63, 3.8) is 0 Å². The van der Waals surface area contributed by atoms with Gasteiger partial charge >= 0.3 is 0 Å². The lowest BCUT2D eigenvalue weighted by molar-refractivity contribution is 0.343. The van der Waals surface area contributed by atoms with Crippen molar-refractivity contribution in [3.05, 3.63) is 41.2 Å². The van der Waals surface area contributed by atoms with Crippen LogP contribution in [0.5, 0.6) is 0 Å². The molecule has 0 saturated carbocycles. The maximum Gasteiger partial charge on any atom is 0.130 e. The molecule has 0 radical (unpaired) electrons. The van der Waals surface area contributed by atoms with Gasteiger partial charge in [0, 0.05) is 5.56 Å². The average Bonchev–Trinajstić information content (AvgIpc) is 2.17. The number of nitriles is 1. The van der Waals surface area contributed by atoms with Gasteiger partial charge in [0.05, 0.1) is 19.1 Å². The number of aliphatic hydroxyl groups is 1. The third-order valence-corrected chi connectivity index (χ3v) is 1.75. The highest BCUT2D eigenvalue weighted by Crippen LogP contribution is 2.12. The summed E-state index contributed by atoms with van der Waals surface area (Å²) in [6.07, 6.45) is 3.18. The van der Waals surface area contributed by atoms with E-state index in [0.29, 0.717) is 11.1 Å².